The van der Waals surface area contributed by atoms with E-state index in [0.717, 1.165) is 0 Å². The molecule has 0 saturated heterocycles. The number of fused-ring (bicyclic) bond motifs is 12. The second-order valence-corrected chi connectivity index (χ2v) is 14.8. The fraction of sp³-hybridized carbons (Fsp3) is 0. The van der Waals surface area contributed by atoms with Crippen LogP contribution in [0.3, 0.4) is 0 Å². The van der Waals surface area contributed by atoms with Gasteiger partial charge in [-0.05, 0) is 99.6 Å². The van der Waals surface area contributed by atoms with Crippen LogP contribution in [0.25, 0.3) is 116 Å². The highest BCUT2D eigenvalue weighted by Gasteiger charge is 2.27. The molecule has 40 heavy (non-hydrogen) atoms. The molecule has 0 fully saturated rings. The first-order chi connectivity index (χ1) is 19.9. The number of benzene rings is 7. The van der Waals surface area contributed by atoms with Crippen molar-refractivity contribution in [2.75, 3.05) is 0 Å². The molecule has 8 aromatic carbocycles. The minimum Gasteiger partial charge on any atom is -0.143 e. The van der Waals surface area contributed by atoms with Crippen LogP contribution in [-0.4, -0.2) is 0 Å². The van der Waals surface area contributed by atoms with Crippen LogP contribution in [0.15, 0.2) is 82.2 Å². The Balaban J connectivity index is 1.69. The fourth-order valence-corrected chi connectivity index (χ4v) is 12.2. The maximum absolute atomic E-state index is 2.43. The molecule has 0 aliphatic rings. The third-order valence-corrected chi connectivity index (χ3v) is 13.3. The molecule has 0 aliphatic carbocycles. The zero-order chi connectivity index (χ0) is 25.4. The monoisotopic (exact) mass is 574 g/mol. The van der Waals surface area contributed by atoms with Gasteiger partial charge < -0.3 is 0 Å². The van der Waals surface area contributed by atoms with Gasteiger partial charge in [-0.3, -0.25) is 0 Å². The molecule has 0 saturated carbocycles. The van der Waals surface area contributed by atoms with Crippen LogP contribution in [-0.2, 0) is 0 Å². The number of hydrogen-bond acceptors (Lipinski definition) is 4. The van der Waals surface area contributed by atoms with Gasteiger partial charge >= 0.3 is 0 Å². The van der Waals surface area contributed by atoms with E-state index in [0.29, 0.717) is 0 Å². The van der Waals surface area contributed by atoms with Gasteiger partial charge in [0.25, 0.3) is 0 Å². The summed E-state index contributed by atoms with van der Waals surface area (Å²) in [6, 6.07) is 23.8. The highest BCUT2D eigenvalue weighted by Crippen LogP contribution is 2.57. The average Bonchev–Trinajstić information content (AvgIpc) is 3.80. The van der Waals surface area contributed by atoms with E-state index < -0.39 is 0 Å². The first-order valence-corrected chi connectivity index (χ1v) is 17.0. The lowest BCUT2D eigenvalue weighted by Crippen LogP contribution is -1.86. The summed E-state index contributed by atoms with van der Waals surface area (Å²) in [4.78, 5) is 0. The Morgan fingerprint density at radius 3 is 0.950 bits per heavy atom. The second kappa shape index (κ2) is 6.40. The van der Waals surface area contributed by atoms with E-state index >= 15 is 0 Å². The molecule has 4 aromatic heterocycles. The van der Waals surface area contributed by atoms with Crippen LogP contribution >= 0.6 is 45.3 Å². The van der Waals surface area contributed by atoms with Gasteiger partial charge in [0.05, 0.1) is 0 Å². The van der Waals surface area contributed by atoms with Crippen molar-refractivity contribution in [2.24, 2.45) is 0 Å². The van der Waals surface area contributed by atoms with Crippen molar-refractivity contribution in [2.45, 2.75) is 0 Å². The Kier molecular flexibility index (Phi) is 3.22. The van der Waals surface area contributed by atoms with Crippen LogP contribution in [0.1, 0.15) is 0 Å². The van der Waals surface area contributed by atoms with E-state index in [2.05, 4.69) is 82.2 Å². The quantitative estimate of drug-likeness (QED) is 0.158. The molecule has 182 valence electrons. The zero-order valence-corrected chi connectivity index (χ0v) is 24.0. The van der Waals surface area contributed by atoms with Gasteiger partial charge in [0.2, 0.25) is 0 Å². The smallest absolute Gasteiger partial charge is 0.0442 e. The van der Waals surface area contributed by atoms with Crippen molar-refractivity contribution < 1.29 is 0 Å². The fourth-order valence-electron chi connectivity index (χ4n) is 8.23. The Morgan fingerprint density at radius 1 is 0.250 bits per heavy atom. The van der Waals surface area contributed by atoms with E-state index in [1.54, 1.807) is 0 Å². The SMILES string of the molecule is c1cc2c3ccc4ccc5c6ccsc6c6c7sccc7c7ccc8c9ccsc9c(c2s1)c1c3c4c5c6c7c81. The molecule has 12 aromatic rings. The predicted octanol–water partition coefficient (Wildman–Crippen LogP) is 12.9. The summed E-state index contributed by atoms with van der Waals surface area (Å²) in [6.07, 6.45) is 0. The molecule has 0 nitrogen and oxygen atoms in total. The number of thiophene rings is 4. The van der Waals surface area contributed by atoms with E-state index in [1.165, 1.54) is 116 Å². The third kappa shape index (κ3) is 1.95. The number of rotatable bonds is 0. The van der Waals surface area contributed by atoms with Crippen molar-refractivity contribution in [3.63, 3.8) is 0 Å². The van der Waals surface area contributed by atoms with Gasteiger partial charge in [-0.1, -0.05) is 36.4 Å². The minimum absolute atomic E-state index is 1.35. The van der Waals surface area contributed by atoms with Crippen LogP contribution in [0.5, 0.6) is 0 Å². The zero-order valence-electron chi connectivity index (χ0n) is 20.7. The lowest BCUT2D eigenvalue weighted by Gasteiger charge is -2.15. The maximum atomic E-state index is 2.43. The third-order valence-electron chi connectivity index (χ3n) is 9.62. The summed E-state index contributed by atoms with van der Waals surface area (Å²) in [5.41, 5.74) is 0. The molecule has 0 spiro atoms. The summed E-state index contributed by atoms with van der Waals surface area (Å²) in [5.74, 6) is 0. The summed E-state index contributed by atoms with van der Waals surface area (Å²) >= 11 is 7.63. The van der Waals surface area contributed by atoms with Crippen LogP contribution in [0.2, 0.25) is 0 Å². The molecular formula is C36H14S4. The summed E-state index contributed by atoms with van der Waals surface area (Å²) in [5, 5.41) is 34.8. The molecule has 4 heterocycles. The maximum Gasteiger partial charge on any atom is 0.0442 e. The van der Waals surface area contributed by atoms with Gasteiger partial charge in [0.1, 0.15) is 0 Å². The van der Waals surface area contributed by atoms with Gasteiger partial charge in [-0.15, -0.1) is 45.3 Å². The normalized spacial score (nSPS) is 13.5. The standard InChI is InChI=1S/C36H14S4/c1-3-16-20-7-11-37-33(20)31-29-25(16)24-15(1)2-4-17-21-8-12-38-34(21)32-30(26(17)24)28-19(23-10-14-40-36(23)32)6-5-18(27(28)29)22-9-13-39-35(22)31/h1-14H. The van der Waals surface area contributed by atoms with Crippen molar-refractivity contribution in [3.05, 3.63) is 82.2 Å². The topological polar surface area (TPSA) is 0 Å². The summed E-state index contributed by atoms with van der Waals surface area (Å²) in [6.45, 7) is 0. The van der Waals surface area contributed by atoms with Crippen LogP contribution < -0.4 is 0 Å². The van der Waals surface area contributed by atoms with Gasteiger partial charge in [-0.25, -0.2) is 0 Å². The van der Waals surface area contributed by atoms with Gasteiger partial charge in [-0.2, -0.15) is 0 Å². The predicted molar refractivity (Wildman–Crippen MR) is 184 cm³/mol. The van der Waals surface area contributed by atoms with Crippen LogP contribution in [0.4, 0.5) is 0 Å². The molecule has 0 atom stereocenters. The molecule has 0 unspecified atom stereocenters. The Morgan fingerprint density at radius 2 is 0.575 bits per heavy atom. The summed E-state index contributed by atoms with van der Waals surface area (Å²) in [7, 11) is 0. The number of hydrogen-bond donors (Lipinski definition) is 0. The highest BCUT2D eigenvalue weighted by molar-refractivity contribution is 7.22. The first kappa shape index (κ1) is 20.1. The van der Waals surface area contributed by atoms with Crippen molar-refractivity contribution in [3.8, 4) is 0 Å². The molecule has 0 bridgehead atoms. The molecule has 0 aliphatic heterocycles. The molecule has 0 amide bonds. The molecule has 12 rings (SSSR count). The van der Waals surface area contributed by atoms with E-state index in [4.69, 9.17) is 0 Å². The lowest BCUT2D eigenvalue weighted by atomic mass is 9.89. The summed E-state index contributed by atoms with van der Waals surface area (Å²) < 4.78 is 5.72. The van der Waals surface area contributed by atoms with E-state index in [-0.39, 0.29) is 0 Å². The Hall–Kier alpha value is -3.80. The van der Waals surface area contributed by atoms with Crippen LogP contribution in [0, 0.1) is 0 Å². The molecule has 0 radical (unpaired) electrons. The van der Waals surface area contributed by atoms with E-state index in [1.807, 2.05) is 45.3 Å². The second-order valence-electron chi connectivity index (χ2n) is 11.1. The molecular weight excluding hydrogens is 561 g/mol. The molecule has 4 heteroatoms. The molecule has 0 N–H and O–H groups in total. The van der Waals surface area contributed by atoms with Gasteiger partial charge in [0, 0.05) is 61.9 Å². The minimum atomic E-state index is 1.35. The lowest BCUT2D eigenvalue weighted by molar-refractivity contribution is 1.91. The Labute approximate surface area is 241 Å². The van der Waals surface area contributed by atoms with Crippen molar-refractivity contribution >= 4 is 161 Å². The van der Waals surface area contributed by atoms with Crippen molar-refractivity contribution in [1.29, 1.82) is 0 Å². The largest absolute Gasteiger partial charge is 0.143 e. The van der Waals surface area contributed by atoms with Crippen molar-refractivity contribution in [1.82, 2.24) is 0 Å². The average molecular weight is 575 g/mol. The van der Waals surface area contributed by atoms with E-state index in [9.17, 15) is 0 Å². The first-order valence-electron chi connectivity index (χ1n) is 13.5. The Bertz CT molecular complexity index is 2810. The highest BCUT2D eigenvalue weighted by atomic mass is 32.1. The van der Waals surface area contributed by atoms with Gasteiger partial charge in [0.15, 0.2) is 0 Å².